The van der Waals surface area contributed by atoms with Gasteiger partial charge in [0.05, 0.1) is 16.4 Å². The minimum Gasteiger partial charge on any atom is -0.465 e. The van der Waals surface area contributed by atoms with E-state index in [1.54, 1.807) is 31.2 Å². The van der Waals surface area contributed by atoms with Crippen LogP contribution in [0.4, 0.5) is 5.69 Å². The molecule has 0 saturated carbocycles. The van der Waals surface area contributed by atoms with Gasteiger partial charge in [0, 0.05) is 18.7 Å². The molecule has 162 valence electrons. The molecular weight excluding hydrogens is 408 g/mol. The Balaban J connectivity index is 2.54. The Morgan fingerprint density at radius 3 is 2.20 bits per heavy atom. The lowest BCUT2D eigenvalue weighted by Crippen LogP contribution is -2.46. The van der Waals surface area contributed by atoms with E-state index in [0.29, 0.717) is 5.56 Å². The number of non-ortho nitro benzene ring substituents is 1. The minimum atomic E-state index is -4.14. The molecule has 0 amide bonds. The summed E-state index contributed by atoms with van der Waals surface area (Å²) in [7, 11) is -4.14. The maximum Gasteiger partial charge on any atom is 0.324 e. The molecule has 0 aromatic heterocycles. The number of nitrogens with zero attached hydrogens (tertiary/aromatic N) is 2. The number of benzene rings is 2. The zero-order chi connectivity index (χ0) is 22.3. The summed E-state index contributed by atoms with van der Waals surface area (Å²) in [6.07, 6.45) is 0.276. The number of sulfonamides is 1. The maximum atomic E-state index is 13.5. The molecule has 30 heavy (non-hydrogen) atoms. The van der Waals surface area contributed by atoms with Crippen LogP contribution in [-0.4, -0.2) is 36.3 Å². The fourth-order valence-corrected chi connectivity index (χ4v) is 4.59. The second-order valence-corrected chi connectivity index (χ2v) is 9.07. The Morgan fingerprint density at radius 2 is 1.70 bits per heavy atom. The highest BCUT2D eigenvalue weighted by atomic mass is 32.2. The van der Waals surface area contributed by atoms with Crippen molar-refractivity contribution in [3.05, 3.63) is 70.3 Å². The van der Waals surface area contributed by atoms with Crippen molar-refractivity contribution in [2.45, 2.75) is 44.7 Å². The van der Waals surface area contributed by atoms with Gasteiger partial charge in [-0.15, -0.1) is 0 Å². The van der Waals surface area contributed by atoms with Gasteiger partial charge in [0.25, 0.3) is 5.69 Å². The number of esters is 1. The molecule has 0 spiro atoms. The van der Waals surface area contributed by atoms with Crippen LogP contribution in [0.15, 0.2) is 59.5 Å². The van der Waals surface area contributed by atoms with Crippen LogP contribution in [0.2, 0.25) is 0 Å². The first-order valence-electron chi connectivity index (χ1n) is 9.63. The second kappa shape index (κ2) is 10.3. The van der Waals surface area contributed by atoms with Crippen LogP contribution >= 0.6 is 0 Å². The van der Waals surface area contributed by atoms with E-state index < -0.39 is 27.0 Å². The molecule has 1 atom stereocenters. The van der Waals surface area contributed by atoms with E-state index in [2.05, 4.69) is 0 Å². The van der Waals surface area contributed by atoms with E-state index in [-0.39, 0.29) is 36.1 Å². The molecule has 0 unspecified atom stereocenters. The predicted octanol–water partition coefficient (Wildman–Crippen LogP) is 3.76. The molecule has 0 bridgehead atoms. The molecule has 0 saturated heterocycles. The molecule has 0 aliphatic heterocycles. The molecule has 0 heterocycles. The largest absolute Gasteiger partial charge is 0.465 e. The van der Waals surface area contributed by atoms with E-state index in [4.69, 9.17) is 4.74 Å². The number of rotatable bonds is 10. The average molecular weight is 435 g/mol. The Hall–Kier alpha value is -2.78. The number of nitro groups is 1. The van der Waals surface area contributed by atoms with Crippen molar-refractivity contribution in [1.29, 1.82) is 0 Å². The molecule has 8 nitrogen and oxygen atoms in total. The third kappa shape index (κ3) is 5.87. The summed E-state index contributed by atoms with van der Waals surface area (Å²) in [5, 5.41) is 10.9. The molecule has 2 rings (SSSR count). The van der Waals surface area contributed by atoms with E-state index in [0.717, 1.165) is 16.4 Å². The summed E-state index contributed by atoms with van der Waals surface area (Å²) in [4.78, 5) is 22.9. The Kier molecular flexibility index (Phi) is 8.08. The van der Waals surface area contributed by atoms with Crippen LogP contribution in [0, 0.1) is 16.0 Å². The predicted molar refractivity (Wildman–Crippen MR) is 112 cm³/mol. The van der Waals surface area contributed by atoms with Gasteiger partial charge >= 0.3 is 5.97 Å². The van der Waals surface area contributed by atoms with Gasteiger partial charge in [-0.3, -0.25) is 14.9 Å². The van der Waals surface area contributed by atoms with E-state index in [9.17, 15) is 23.3 Å². The summed E-state index contributed by atoms with van der Waals surface area (Å²) in [5.74, 6) is -0.586. The molecule has 0 aliphatic carbocycles. The van der Waals surface area contributed by atoms with Crippen LogP contribution < -0.4 is 0 Å². The lowest BCUT2D eigenvalue weighted by Gasteiger charge is -2.30. The smallest absolute Gasteiger partial charge is 0.324 e. The Bertz CT molecular complexity index is 959. The third-order valence-corrected chi connectivity index (χ3v) is 6.31. The van der Waals surface area contributed by atoms with Gasteiger partial charge < -0.3 is 4.74 Å². The first kappa shape index (κ1) is 23.5. The molecule has 9 heteroatoms. The molecule has 0 radical (unpaired) electrons. The van der Waals surface area contributed by atoms with Crippen LogP contribution in [-0.2, 0) is 26.1 Å². The van der Waals surface area contributed by atoms with Crippen LogP contribution in [0.3, 0.4) is 0 Å². The normalized spacial score (nSPS) is 12.7. The highest BCUT2D eigenvalue weighted by Crippen LogP contribution is 2.26. The molecular formula is C21H26N2O6S. The van der Waals surface area contributed by atoms with E-state index in [1.165, 1.54) is 12.1 Å². The summed E-state index contributed by atoms with van der Waals surface area (Å²) < 4.78 is 33.3. The molecule has 0 fully saturated rings. The quantitative estimate of drug-likeness (QED) is 0.320. The molecule has 0 aliphatic rings. The SMILES string of the molecule is CCOC(=O)[C@@H](CC(C)C)N(Cc1ccccc1)S(=O)(=O)c1ccc([N+](=O)[O-])cc1. The number of hydrogen-bond acceptors (Lipinski definition) is 6. The topological polar surface area (TPSA) is 107 Å². The van der Waals surface area contributed by atoms with Gasteiger partial charge in [-0.2, -0.15) is 4.31 Å². The highest BCUT2D eigenvalue weighted by Gasteiger charge is 2.37. The standard InChI is InChI=1S/C21H26N2O6S/c1-4-29-21(24)20(14-16(2)3)22(15-17-8-6-5-7-9-17)30(27,28)19-12-10-18(11-13-19)23(25)26/h5-13,16,20H,4,14-15H2,1-3H3/t20-/m1/s1. The third-order valence-electron chi connectivity index (χ3n) is 4.44. The van der Waals surface area contributed by atoms with Crippen molar-refractivity contribution < 1.29 is 22.9 Å². The van der Waals surface area contributed by atoms with E-state index >= 15 is 0 Å². The van der Waals surface area contributed by atoms with Gasteiger partial charge in [0.2, 0.25) is 10.0 Å². The summed E-state index contributed by atoms with van der Waals surface area (Å²) in [5.41, 5.74) is 0.494. The van der Waals surface area contributed by atoms with E-state index in [1.807, 2.05) is 19.9 Å². The van der Waals surface area contributed by atoms with Crippen LogP contribution in [0.25, 0.3) is 0 Å². The lowest BCUT2D eigenvalue weighted by molar-refractivity contribution is -0.384. The lowest BCUT2D eigenvalue weighted by atomic mass is 10.0. The number of carbonyl (C=O) groups excluding carboxylic acids is 1. The van der Waals surface area contributed by atoms with Crippen molar-refractivity contribution in [2.24, 2.45) is 5.92 Å². The maximum absolute atomic E-state index is 13.5. The number of hydrogen-bond donors (Lipinski definition) is 0. The highest BCUT2D eigenvalue weighted by molar-refractivity contribution is 7.89. The molecule has 2 aromatic rings. The van der Waals surface area contributed by atoms with Crippen molar-refractivity contribution in [1.82, 2.24) is 4.31 Å². The number of carbonyl (C=O) groups is 1. The Morgan fingerprint density at radius 1 is 1.10 bits per heavy atom. The minimum absolute atomic E-state index is 0.0314. The van der Waals surface area contributed by atoms with Gasteiger partial charge in [0.15, 0.2) is 0 Å². The second-order valence-electron chi connectivity index (χ2n) is 7.18. The first-order valence-corrected chi connectivity index (χ1v) is 11.1. The van der Waals surface area contributed by atoms with Crippen molar-refractivity contribution in [2.75, 3.05) is 6.61 Å². The van der Waals surface area contributed by atoms with Crippen molar-refractivity contribution in [3.8, 4) is 0 Å². The van der Waals surface area contributed by atoms with Crippen molar-refractivity contribution in [3.63, 3.8) is 0 Å². The summed E-state index contributed by atoms with van der Waals surface area (Å²) in [6, 6.07) is 12.5. The Labute approximate surface area is 176 Å². The zero-order valence-corrected chi connectivity index (χ0v) is 18.0. The summed E-state index contributed by atoms with van der Waals surface area (Å²) in [6.45, 7) is 5.55. The van der Waals surface area contributed by atoms with Gasteiger partial charge in [-0.05, 0) is 37.0 Å². The average Bonchev–Trinajstić information content (AvgIpc) is 2.71. The van der Waals surface area contributed by atoms with Crippen LogP contribution in [0.5, 0.6) is 0 Å². The van der Waals surface area contributed by atoms with Crippen molar-refractivity contribution >= 4 is 21.7 Å². The summed E-state index contributed by atoms with van der Waals surface area (Å²) >= 11 is 0. The van der Waals surface area contributed by atoms with Gasteiger partial charge in [-0.1, -0.05) is 44.2 Å². The fourth-order valence-electron chi connectivity index (χ4n) is 3.02. The molecule has 2 aromatic carbocycles. The molecule has 0 N–H and O–H groups in total. The number of nitro benzene ring substituents is 1. The first-order chi connectivity index (χ1) is 14.2. The van der Waals surface area contributed by atoms with Crippen LogP contribution in [0.1, 0.15) is 32.8 Å². The monoisotopic (exact) mass is 434 g/mol. The number of ether oxygens (including phenoxy) is 1. The van der Waals surface area contributed by atoms with Gasteiger partial charge in [-0.25, -0.2) is 8.42 Å². The van der Waals surface area contributed by atoms with Gasteiger partial charge in [0.1, 0.15) is 6.04 Å². The zero-order valence-electron chi connectivity index (χ0n) is 17.2. The fraction of sp³-hybridized carbons (Fsp3) is 0.381.